The molecule has 2 rings (SSSR count). The lowest BCUT2D eigenvalue weighted by Gasteiger charge is -2.30. The van der Waals surface area contributed by atoms with Crippen LogP contribution in [0, 0.1) is 0 Å². The lowest BCUT2D eigenvalue weighted by Crippen LogP contribution is -2.42. The van der Waals surface area contributed by atoms with Gasteiger partial charge in [0.2, 0.25) is 0 Å². The molecule has 0 spiro atoms. The quantitative estimate of drug-likeness (QED) is 0.893. The van der Waals surface area contributed by atoms with Gasteiger partial charge in [0.05, 0.1) is 16.0 Å². The summed E-state index contributed by atoms with van der Waals surface area (Å²) < 4.78 is 23.2. The van der Waals surface area contributed by atoms with Gasteiger partial charge in [-0.3, -0.25) is 4.79 Å². The topological polar surface area (TPSA) is 74.7 Å². The number of rotatable bonds is 2. The molecule has 1 heterocycles. The number of benzene rings is 1. The Hall–Kier alpha value is -1.11. The van der Waals surface area contributed by atoms with Gasteiger partial charge in [-0.2, -0.15) is 0 Å². The molecule has 5 nitrogen and oxygen atoms in total. The highest BCUT2D eigenvalue weighted by atomic mass is 35.5. The number of halogens is 1. The van der Waals surface area contributed by atoms with Crippen LogP contribution < -0.4 is 0 Å². The van der Waals surface area contributed by atoms with Crippen molar-refractivity contribution < 1.29 is 18.3 Å². The molecular formula is C13H16ClNO4S. The van der Waals surface area contributed by atoms with Gasteiger partial charge < -0.3 is 10.0 Å². The third-order valence-corrected chi connectivity index (χ3v) is 4.84. The van der Waals surface area contributed by atoms with Crippen LogP contribution in [0.1, 0.15) is 23.2 Å². The standard InChI is InChI=1S/C13H16ClNO4S/c1-20(18,19)12-7-9(4-5-11(12)14)13(17)15-6-2-3-10(16)8-15/h4-5,7,10,16H,2-3,6,8H2,1H3. The Bertz CT molecular complexity index is 629. The van der Waals surface area contributed by atoms with Gasteiger partial charge in [-0.15, -0.1) is 0 Å². The highest BCUT2D eigenvalue weighted by molar-refractivity contribution is 7.90. The number of β-amino-alcohol motifs (C(OH)–C–C–N with tert-alkyl or cyclic N) is 1. The first kappa shape index (κ1) is 15.3. The molecule has 0 bridgehead atoms. The van der Waals surface area contributed by atoms with Crippen molar-refractivity contribution in [3.63, 3.8) is 0 Å². The summed E-state index contributed by atoms with van der Waals surface area (Å²) in [6.07, 6.45) is 1.94. The van der Waals surface area contributed by atoms with E-state index in [2.05, 4.69) is 0 Å². The Balaban J connectivity index is 2.31. The largest absolute Gasteiger partial charge is 0.391 e. The fourth-order valence-corrected chi connectivity index (χ4v) is 3.54. The van der Waals surface area contributed by atoms with Crippen LogP contribution in [0.15, 0.2) is 23.1 Å². The van der Waals surface area contributed by atoms with Gasteiger partial charge in [0, 0.05) is 24.9 Å². The van der Waals surface area contributed by atoms with Crippen LogP contribution in [0.4, 0.5) is 0 Å². The Morgan fingerprint density at radius 1 is 1.45 bits per heavy atom. The molecule has 0 aliphatic carbocycles. The van der Waals surface area contributed by atoms with Crippen molar-refractivity contribution in [1.82, 2.24) is 4.90 Å². The van der Waals surface area contributed by atoms with E-state index in [-0.39, 0.29) is 27.9 Å². The monoisotopic (exact) mass is 317 g/mol. The number of likely N-dealkylation sites (tertiary alicyclic amines) is 1. The molecule has 1 unspecified atom stereocenters. The zero-order valence-corrected chi connectivity index (χ0v) is 12.6. The number of piperidine rings is 1. The summed E-state index contributed by atoms with van der Waals surface area (Å²) >= 11 is 5.85. The number of nitrogens with zero attached hydrogens (tertiary/aromatic N) is 1. The predicted molar refractivity (Wildman–Crippen MR) is 75.7 cm³/mol. The van der Waals surface area contributed by atoms with Crippen LogP contribution >= 0.6 is 11.6 Å². The minimum absolute atomic E-state index is 0.0532. The molecule has 110 valence electrons. The molecule has 20 heavy (non-hydrogen) atoms. The minimum atomic E-state index is -3.48. The SMILES string of the molecule is CS(=O)(=O)c1cc(C(=O)N2CCCC(O)C2)ccc1Cl. The molecule has 1 aromatic rings. The Kier molecular flexibility index (Phi) is 4.36. The summed E-state index contributed by atoms with van der Waals surface area (Å²) in [5, 5.41) is 9.69. The molecule has 1 N–H and O–H groups in total. The Morgan fingerprint density at radius 3 is 2.75 bits per heavy atom. The minimum Gasteiger partial charge on any atom is -0.391 e. The number of carbonyl (C=O) groups excluding carboxylic acids is 1. The summed E-state index contributed by atoms with van der Waals surface area (Å²) in [4.78, 5) is 13.8. The van der Waals surface area contributed by atoms with Crippen LogP contribution in [0.25, 0.3) is 0 Å². The van der Waals surface area contributed by atoms with Crippen LogP contribution in [0.3, 0.4) is 0 Å². The highest BCUT2D eigenvalue weighted by Crippen LogP contribution is 2.24. The van der Waals surface area contributed by atoms with Crippen molar-refractivity contribution in [3.05, 3.63) is 28.8 Å². The van der Waals surface area contributed by atoms with Gasteiger partial charge in [-0.1, -0.05) is 11.6 Å². The molecule has 1 aromatic carbocycles. The van der Waals surface area contributed by atoms with Crippen LogP contribution in [0.5, 0.6) is 0 Å². The smallest absolute Gasteiger partial charge is 0.253 e. The molecule has 0 radical (unpaired) electrons. The molecule has 1 saturated heterocycles. The second kappa shape index (κ2) is 5.71. The number of amides is 1. The molecular weight excluding hydrogens is 302 g/mol. The van der Waals surface area contributed by atoms with Crippen molar-refractivity contribution in [2.24, 2.45) is 0 Å². The molecule has 1 fully saturated rings. The summed E-state index contributed by atoms with van der Waals surface area (Å²) in [6, 6.07) is 4.20. The lowest BCUT2D eigenvalue weighted by molar-refractivity contribution is 0.0473. The maximum atomic E-state index is 12.3. The van der Waals surface area contributed by atoms with E-state index in [1.165, 1.54) is 23.1 Å². The fourth-order valence-electron chi connectivity index (χ4n) is 2.24. The second-order valence-corrected chi connectivity index (χ2v) is 7.36. The van der Waals surface area contributed by atoms with Crippen molar-refractivity contribution >= 4 is 27.3 Å². The first-order valence-corrected chi connectivity index (χ1v) is 8.53. The third kappa shape index (κ3) is 3.31. The number of hydrogen-bond acceptors (Lipinski definition) is 4. The Labute approximate surface area is 123 Å². The number of sulfone groups is 1. The summed E-state index contributed by atoms with van der Waals surface area (Å²) in [7, 11) is -3.48. The average Bonchev–Trinajstić information content (AvgIpc) is 2.37. The first-order chi connectivity index (χ1) is 9.29. The fraction of sp³-hybridized carbons (Fsp3) is 0.462. The molecule has 1 atom stereocenters. The normalized spacial score (nSPS) is 19.9. The molecule has 0 saturated carbocycles. The van der Waals surface area contributed by atoms with Crippen molar-refractivity contribution in [2.45, 2.75) is 23.8 Å². The molecule has 1 aliphatic rings. The first-order valence-electron chi connectivity index (χ1n) is 6.26. The van der Waals surface area contributed by atoms with E-state index in [0.29, 0.717) is 13.0 Å². The number of hydrogen-bond donors (Lipinski definition) is 1. The van der Waals surface area contributed by atoms with E-state index >= 15 is 0 Å². The summed E-state index contributed by atoms with van der Waals surface area (Å²) in [5.74, 6) is -0.287. The van der Waals surface area contributed by atoms with Gasteiger partial charge >= 0.3 is 0 Å². The lowest BCUT2D eigenvalue weighted by atomic mass is 10.1. The van der Waals surface area contributed by atoms with Gasteiger partial charge in [0.1, 0.15) is 0 Å². The van der Waals surface area contributed by atoms with E-state index in [0.717, 1.165) is 12.7 Å². The number of aliphatic hydroxyl groups excluding tert-OH is 1. The van der Waals surface area contributed by atoms with E-state index in [1.54, 1.807) is 0 Å². The van der Waals surface area contributed by atoms with Crippen molar-refractivity contribution in [2.75, 3.05) is 19.3 Å². The molecule has 1 aliphatic heterocycles. The van der Waals surface area contributed by atoms with Gasteiger partial charge in [0.15, 0.2) is 9.84 Å². The van der Waals surface area contributed by atoms with Crippen molar-refractivity contribution in [3.8, 4) is 0 Å². The third-order valence-electron chi connectivity index (χ3n) is 3.26. The van der Waals surface area contributed by atoms with E-state index in [9.17, 15) is 18.3 Å². The molecule has 7 heteroatoms. The maximum Gasteiger partial charge on any atom is 0.253 e. The van der Waals surface area contributed by atoms with Gasteiger partial charge in [0.25, 0.3) is 5.91 Å². The van der Waals surface area contributed by atoms with Crippen molar-refractivity contribution in [1.29, 1.82) is 0 Å². The second-order valence-electron chi connectivity index (χ2n) is 4.96. The predicted octanol–water partition coefficient (Wildman–Crippen LogP) is 1.34. The zero-order chi connectivity index (χ0) is 14.9. The molecule has 1 amide bonds. The van der Waals surface area contributed by atoms with Crippen LogP contribution in [0.2, 0.25) is 5.02 Å². The van der Waals surface area contributed by atoms with Gasteiger partial charge in [-0.25, -0.2) is 8.42 Å². The van der Waals surface area contributed by atoms with Crippen LogP contribution in [-0.2, 0) is 9.84 Å². The number of aliphatic hydroxyl groups is 1. The average molecular weight is 318 g/mol. The number of carbonyl (C=O) groups is 1. The van der Waals surface area contributed by atoms with E-state index < -0.39 is 15.9 Å². The van der Waals surface area contributed by atoms with Crippen LogP contribution in [-0.4, -0.2) is 49.8 Å². The summed E-state index contributed by atoms with van der Waals surface area (Å²) in [6.45, 7) is 0.836. The van der Waals surface area contributed by atoms with E-state index in [1.807, 2.05) is 0 Å². The molecule has 0 aromatic heterocycles. The Morgan fingerprint density at radius 2 is 2.15 bits per heavy atom. The summed E-state index contributed by atoms with van der Waals surface area (Å²) in [5.41, 5.74) is 0.268. The maximum absolute atomic E-state index is 12.3. The highest BCUT2D eigenvalue weighted by Gasteiger charge is 2.24. The van der Waals surface area contributed by atoms with Gasteiger partial charge in [-0.05, 0) is 31.0 Å². The van der Waals surface area contributed by atoms with E-state index in [4.69, 9.17) is 11.6 Å². The zero-order valence-electron chi connectivity index (χ0n) is 11.0.